The fourth-order valence-corrected chi connectivity index (χ4v) is 1.87. The molecule has 3 nitrogen and oxygen atoms in total. The molecule has 0 aromatic rings. The van der Waals surface area contributed by atoms with Crippen LogP contribution < -0.4 is 11.1 Å². The molecule has 3 N–H and O–H groups in total. The van der Waals surface area contributed by atoms with Crippen molar-refractivity contribution in [1.82, 2.24) is 5.32 Å². The van der Waals surface area contributed by atoms with Gasteiger partial charge in [0, 0.05) is 12.1 Å². The van der Waals surface area contributed by atoms with E-state index < -0.39 is 0 Å². The summed E-state index contributed by atoms with van der Waals surface area (Å²) in [5, 5.41) is 2.90. The molecule has 0 bridgehead atoms. The molecule has 0 aromatic heterocycles. The molecular formula is C11H18N2O. The minimum absolute atomic E-state index is 0.0742. The molecule has 1 aliphatic carbocycles. The highest BCUT2D eigenvalue weighted by Crippen LogP contribution is 2.16. The van der Waals surface area contributed by atoms with Gasteiger partial charge in [-0.05, 0) is 12.8 Å². The van der Waals surface area contributed by atoms with Gasteiger partial charge in [-0.15, -0.1) is 6.42 Å². The molecule has 1 aliphatic rings. The molecule has 14 heavy (non-hydrogen) atoms. The maximum Gasteiger partial charge on any atom is 0.232 e. The molecule has 2 unspecified atom stereocenters. The van der Waals surface area contributed by atoms with Crippen LogP contribution in [0.1, 0.15) is 38.5 Å². The van der Waals surface area contributed by atoms with Crippen LogP contribution in [-0.2, 0) is 4.79 Å². The molecule has 1 saturated carbocycles. The number of terminal acetylenes is 1. The number of hydrogen-bond acceptors (Lipinski definition) is 2. The second-order valence-electron chi connectivity index (χ2n) is 3.86. The number of carbonyl (C=O) groups is 1. The fourth-order valence-electron chi connectivity index (χ4n) is 1.87. The molecule has 0 saturated heterocycles. The van der Waals surface area contributed by atoms with Gasteiger partial charge in [0.25, 0.3) is 0 Å². The van der Waals surface area contributed by atoms with Crippen molar-refractivity contribution in [2.24, 2.45) is 5.73 Å². The lowest BCUT2D eigenvalue weighted by atomic mass is 10.0. The third-order valence-corrected chi connectivity index (χ3v) is 2.68. The zero-order chi connectivity index (χ0) is 10.4. The predicted molar refractivity (Wildman–Crippen MR) is 56.4 cm³/mol. The summed E-state index contributed by atoms with van der Waals surface area (Å²) in [4.78, 5) is 11.3. The zero-order valence-electron chi connectivity index (χ0n) is 8.46. The Balaban J connectivity index is 2.40. The quantitative estimate of drug-likeness (QED) is 0.504. The topological polar surface area (TPSA) is 55.1 Å². The van der Waals surface area contributed by atoms with Crippen LogP contribution in [0.25, 0.3) is 0 Å². The summed E-state index contributed by atoms with van der Waals surface area (Å²) in [7, 11) is 0. The van der Waals surface area contributed by atoms with Gasteiger partial charge >= 0.3 is 0 Å². The highest BCUT2D eigenvalue weighted by molar-refractivity contribution is 5.78. The van der Waals surface area contributed by atoms with Gasteiger partial charge in [-0.1, -0.05) is 25.2 Å². The van der Waals surface area contributed by atoms with Crippen LogP contribution in [0.2, 0.25) is 0 Å². The predicted octanol–water partition coefficient (Wildman–Crippen LogP) is 0.786. The van der Waals surface area contributed by atoms with Crippen LogP contribution in [-0.4, -0.2) is 18.0 Å². The van der Waals surface area contributed by atoms with E-state index in [1.807, 2.05) is 0 Å². The van der Waals surface area contributed by atoms with E-state index in [1.165, 1.54) is 12.8 Å². The Morgan fingerprint density at radius 2 is 2.14 bits per heavy atom. The van der Waals surface area contributed by atoms with Crippen LogP contribution in [0.15, 0.2) is 0 Å². The van der Waals surface area contributed by atoms with Crippen LogP contribution in [0.4, 0.5) is 0 Å². The van der Waals surface area contributed by atoms with Gasteiger partial charge in [-0.2, -0.15) is 0 Å². The SMILES string of the molecule is C#CCC(=O)NC1CCCCCC1N. The van der Waals surface area contributed by atoms with Gasteiger partial charge < -0.3 is 11.1 Å². The lowest BCUT2D eigenvalue weighted by Gasteiger charge is -2.22. The first-order valence-electron chi connectivity index (χ1n) is 5.22. The third kappa shape index (κ3) is 3.39. The second-order valence-corrected chi connectivity index (χ2v) is 3.86. The van der Waals surface area contributed by atoms with Gasteiger partial charge in [-0.3, -0.25) is 4.79 Å². The third-order valence-electron chi connectivity index (χ3n) is 2.68. The van der Waals surface area contributed by atoms with Gasteiger partial charge in [0.1, 0.15) is 0 Å². The average molecular weight is 194 g/mol. The smallest absolute Gasteiger partial charge is 0.232 e. The zero-order valence-corrected chi connectivity index (χ0v) is 8.46. The summed E-state index contributed by atoms with van der Waals surface area (Å²) in [6, 6.07) is 0.220. The van der Waals surface area contributed by atoms with Gasteiger partial charge in [0.05, 0.1) is 6.42 Å². The van der Waals surface area contributed by atoms with Crippen LogP contribution in [0.3, 0.4) is 0 Å². The second kappa shape index (κ2) is 5.66. The van der Waals surface area contributed by atoms with E-state index in [9.17, 15) is 4.79 Å². The molecule has 1 amide bonds. The molecule has 0 aromatic carbocycles. The van der Waals surface area contributed by atoms with Crippen molar-refractivity contribution in [3.63, 3.8) is 0 Å². The molecule has 2 atom stereocenters. The maximum atomic E-state index is 11.3. The molecule has 78 valence electrons. The minimum Gasteiger partial charge on any atom is -0.351 e. The lowest BCUT2D eigenvalue weighted by molar-refractivity contribution is -0.121. The summed E-state index contributed by atoms with van der Waals surface area (Å²) in [5.41, 5.74) is 5.96. The monoisotopic (exact) mass is 194 g/mol. The number of carbonyl (C=O) groups excluding carboxylic acids is 1. The van der Waals surface area contributed by atoms with Gasteiger partial charge in [0.2, 0.25) is 5.91 Å². The fraction of sp³-hybridized carbons (Fsp3) is 0.727. The molecule has 1 fully saturated rings. The number of nitrogens with two attached hydrogens (primary N) is 1. The van der Waals surface area contributed by atoms with Crippen molar-refractivity contribution in [2.75, 3.05) is 0 Å². The molecule has 0 spiro atoms. The Morgan fingerprint density at radius 3 is 2.86 bits per heavy atom. The Bertz CT molecular complexity index is 232. The highest BCUT2D eigenvalue weighted by Gasteiger charge is 2.21. The van der Waals surface area contributed by atoms with E-state index in [0.717, 1.165) is 19.3 Å². The van der Waals surface area contributed by atoms with E-state index in [4.69, 9.17) is 12.2 Å². The van der Waals surface area contributed by atoms with E-state index in [1.54, 1.807) is 0 Å². The van der Waals surface area contributed by atoms with Crippen LogP contribution >= 0.6 is 0 Å². The molecule has 0 heterocycles. The van der Waals surface area contributed by atoms with Gasteiger partial charge in [-0.25, -0.2) is 0 Å². The number of nitrogens with one attached hydrogen (secondary N) is 1. The Morgan fingerprint density at radius 1 is 1.43 bits per heavy atom. The Kier molecular flexibility index (Phi) is 4.48. The Hall–Kier alpha value is -1.01. The summed E-state index contributed by atoms with van der Waals surface area (Å²) < 4.78 is 0. The standard InChI is InChI=1S/C11H18N2O/c1-2-6-11(14)13-10-8-5-3-4-7-9(10)12/h1,9-10H,3-8,12H2,(H,13,14). The van der Waals surface area contributed by atoms with Crippen molar-refractivity contribution < 1.29 is 4.79 Å². The molecule has 0 aliphatic heterocycles. The van der Waals surface area contributed by atoms with Crippen molar-refractivity contribution >= 4 is 5.91 Å². The minimum atomic E-state index is -0.0742. The first-order valence-corrected chi connectivity index (χ1v) is 5.22. The largest absolute Gasteiger partial charge is 0.351 e. The lowest BCUT2D eigenvalue weighted by Crippen LogP contribution is -2.46. The first-order chi connectivity index (χ1) is 6.74. The number of rotatable bonds is 2. The van der Waals surface area contributed by atoms with Crippen molar-refractivity contribution in [1.29, 1.82) is 0 Å². The van der Waals surface area contributed by atoms with E-state index >= 15 is 0 Å². The summed E-state index contributed by atoms with van der Waals surface area (Å²) in [6.07, 6.45) is 10.7. The molecular weight excluding hydrogens is 176 g/mol. The summed E-state index contributed by atoms with van der Waals surface area (Å²) in [5.74, 6) is 2.26. The van der Waals surface area contributed by atoms with Crippen molar-refractivity contribution in [3.8, 4) is 12.3 Å². The Labute approximate surface area is 85.4 Å². The van der Waals surface area contributed by atoms with Crippen LogP contribution in [0, 0.1) is 12.3 Å². The molecule has 1 rings (SSSR count). The molecule has 3 heteroatoms. The summed E-state index contributed by atoms with van der Waals surface area (Å²) in [6.45, 7) is 0. The molecule has 0 radical (unpaired) electrons. The average Bonchev–Trinajstić information content (AvgIpc) is 2.33. The van der Waals surface area contributed by atoms with E-state index in [-0.39, 0.29) is 24.4 Å². The van der Waals surface area contributed by atoms with Crippen molar-refractivity contribution in [2.45, 2.75) is 50.6 Å². The summed E-state index contributed by atoms with van der Waals surface area (Å²) >= 11 is 0. The first kappa shape index (κ1) is 11.1. The van der Waals surface area contributed by atoms with Crippen LogP contribution in [0.5, 0.6) is 0 Å². The normalized spacial score (nSPS) is 27.4. The number of amides is 1. The van der Waals surface area contributed by atoms with Gasteiger partial charge in [0.15, 0.2) is 0 Å². The van der Waals surface area contributed by atoms with E-state index in [0.29, 0.717) is 0 Å². The highest BCUT2D eigenvalue weighted by atomic mass is 16.1. The maximum absolute atomic E-state index is 11.3. The number of hydrogen-bond donors (Lipinski definition) is 2. The van der Waals surface area contributed by atoms with Crippen molar-refractivity contribution in [3.05, 3.63) is 0 Å². The van der Waals surface area contributed by atoms with E-state index in [2.05, 4.69) is 11.2 Å².